The van der Waals surface area contributed by atoms with Gasteiger partial charge in [0, 0.05) is 10.9 Å². The van der Waals surface area contributed by atoms with Crippen LogP contribution in [-0.4, -0.2) is 5.24 Å². The molecule has 1 aromatic rings. The van der Waals surface area contributed by atoms with E-state index in [-0.39, 0.29) is 11.2 Å². The van der Waals surface area contributed by atoms with Crippen LogP contribution in [0.25, 0.3) is 0 Å². The molecule has 0 amide bonds. The van der Waals surface area contributed by atoms with Crippen molar-refractivity contribution in [2.24, 2.45) is 5.92 Å². The number of benzene rings is 1. The molecule has 0 saturated heterocycles. The summed E-state index contributed by atoms with van der Waals surface area (Å²) in [6.45, 7) is 3.78. The Morgan fingerprint density at radius 1 is 1.50 bits per heavy atom. The fourth-order valence-corrected chi connectivity index (χ4v) is 1.62. The van der Waals surface area contributed by atoms with Gasteiger partial charge in [0.15, 0.2) is 0 Å². The zero-order chi connectivity index (χ0) is 10.7. The lowest BCUT2D eigenvalue weighted by atomic mass is 10.0. The zero-order valence-electron chi connectivity index (χ0n) is 8.18. The lowest BCUT2D eigenvalue weighted by Crippen LogP contribution is -2.07. The van der Waals surface area contributed by atoms with E-state index >= 15 is 0 Å². The first-order valence-electron chi connectivity index (χ1n) is 4.45. The summed E-state index contributed by atoms with van der Waals surface area (Å²) in [5.41, 5.74) is 2.09. The van der Waals surface area contributed by atoms with Crippen LogP contribution in [0, 0.1) is 12.8 Å². The van der Waals surface area contributed by atoms with Gasteiger partial charge >= 0.3 is 0 Å². The van der Waals surface area contributed by atoms with Crippen molar-refractivity contribution < 1.29 is 4.79 Å². The molecule has 0 heterocycles. The average Bonchev–Trinajstić information content (AvgIpc) is 2.09. The fraction of sp³-hybridized carbons (Fsp3) is 0.364. The molecule has 0 fully saturated rings. The number of halogens is 2. The van der Waals surface area contributed by atoms with Crippen LogP contribution in [0.2, 0.25) is 5.02 Å². The third-order valence-electron chi connectivity index (χ3n) is 2.12. The van der Waals surface area contributed by atoms with Gasteiger partial charge in [0.05, 0.1) is 0 Å². The normalized spacial score (nSPS) is 12.6. The Morgan fingerprint density at radius 3 is 2.64 bits per heavy atom. The molecule has 1 atom stereocenters. The maximum absolute atomic E-state index is 10.8. The molecule has 0 saturated carbocycles. The highest BCUT2D eigenvalue weighted by molar-refractivity contribution is 6.63. The fourth-order valence-electron chi connectivity index (χ4n) is 1.23. The van der Waals surface area contributed by atoms with E-state index in [2.05, 4.69) is 0 Å². The van der Waals surface area contributed by atoms with E-state index in [9.17, 15) is 4.79 Å². The van der Waals surface area contributed by atoms with E-state index in [4.69, 9.17) is 23.2 Å². The summed E-state index contributed by atoms with van der Waals surface area (Å²) in [5, 5.41) is 0.386. The Kier molecular flexibility index (Phi) is 3.97. The highest BCUT2D eigenvalue weighted by Crippen LogP contribution is 2.21. The number of rotatable bonds is 3. The zero-order valence-corrected chi connectivity index (χ0v) is 9.69. The number of hydrogen-bond acceptors (Lipinski definition) is 1. The van der Waals surface area contributed by atoms with Crippen LogP contribution >= 0.6 is 23.2 Å². The molecule has 0 spiro atoms. The first-order chi connectivity index (χ1) is 6.50. The van der Waals surface area contributed by atoms with Crippen molar-refractivity contribution in [2.75, 3.05) is 0 Å². The van der Waals surface area contributed by atoms with Gasteiger partial charge in [0.25, 0.3) is 0 Å². The van der Waals surface area contributed by atoms with Crippen molar-refractivity contribution in [3.05, 3.63) is 34.3 Å². The van der Waals surface area contributed by atoms with E-state index < -0.39 is 0 Å². The molecule has 1 nitrogen and oxygen atoms in total. The molecule has 1 aromatic carbocycles. The Balaban J connectivity index is 2.82. The lowest BCUT2D eigenvalue weighted by Gasteiger charge is -2.08. The summed E-state index contributed by atoms with van der Waals surface area (Å²) >= 11 is 11.4. The highest BCUT2D eigenvalue weighted by atomic mass is 35.5. The van der Waals surface area contributed by atoms with Crippen LogP contribution in [-0.2, 0) is 11.2 Å². The minimum Gasteiger partial charge on any atom is -0.281 e. The van der Waals surface area contributed by atoms with Gasteiger partial charge in [-0.05, 0) is 42.1 Å². The quantitative estimate of drug-likeness (QED) is 0.726. The average molecular weight is 231 g/mol. The van der Waals surface area contributed by atoms with Gasteiger partial charge in [-0.2, -0.15) is 0 Å². The van der Waals surface area contributed by atoms with Gasteiger partial charge < -0.3 is 0 Å². The van der Waals surface area contributed by atoms with E-state index in [0.717, 1.165) is 11.1 Å². The van der Waals surface area contributed by atoms with Gasteiger partial charge in [0.2, 0.25) is 5.24 Å². The second-order valence-electron chi connectivity index (χ2n) is 3.50. The van der Waals surface area contributed by atoms with Crippen molar-refractivity contribution in [1.29, 1.82) is 0 Å². The predicted octanol–water partition coefficient (Wildman–Crippen LogP) is 3.59. The molecule has 1 rings (SSSR count). The van der Waals surface area contributed by atoms with Crippen LogP contribution in [0.15, 0.2) is 18.2 Å². The van der Waals surface area contributed by atoms with Crippen LogP contribution in [0.5, 0.6) is 0 Å². The standard InChI is InChI=1S/C11H12Cl2O/c1-7-3-4-9(10(12)5-7)6-8(2)11(13)14/h3-5,8H,6H2,1-2H3/t8-/m0/s1. The van der Waals surface area contributed by atoms with E-state index in [1.54, 1.807) is 6.92 Å². The monoisotopic (exact) mass is 230 g/mol. The molecule has 0 aromatic heterocycles. The van der Waals surface area contributed by atoms with Crippen LogP contribution in [0.4, 0.5) is 0 Å². The summed E-state index contributed by atoms with van der Waals surface area (Å²) in [5.74, 6) is -0.183. The van der Waals surface area contributed by atoms with Crippen LogP contribution in [0.3, 0.4) is 0 Å². The number of carbonyl (C=O) groups is 1. The van der Waals surface area contributed by atoms with Crippen LogP contribution < -0.4 is 0 Å². The smallest absolute Gasteiger partial charge is 0.224 e. The van der Waals surface area contributed by atoms with Crippen molar-refractivity contribution >= 4 is 28.4 Å². The van der Waals surface area contributed by atoms with E-state index in [1.165, 1.54) is 0 Å². The number of carbonyl (C=O) groups excluding carboxylic acids is 1. The highest BCUT2D eigenvalue weighted by Gasteiger charge is 2.12. The van der Waals surface area contributed by atoms with Gasteiger partial charge in [-0.15, -0.1) is 0 Å². The van der Waals surface area contributed by atoms with Gasteiger partial charge in [-0.1, -0.05) is 30.7 Å². The minimum absolute atomic E-state index is 0.183. The second kappa shape index (κ2) is 4.81. The summed E-state index contributed by atoms with van der Waals surface area (Å²) in [6, 6.07) is 5.81. The molecule has 14 heavy (non-hydrogen) atoms. The minimum atomic E-state index is -0.318. The first-order valence-corrected chi connectivity index (χ1v) is 5.20. The largest absolute Gasteiger partial charge is 0.281 e. The SMILES string of the molecule is Cc1ccc(C[C@H](C)C(=O)Cl)c(Cl)c1. The van der Waals surface area contributed by atoms with Crippen LogP contribution in [0.1, 0.15) is 18.1 Å². The Morgan fingerprint density at radius 2 is 2.14 bits per heavy atom. The molecule has 0 radical (unpaired) electrons. The molecule has 0 bridgehead atoms. The summed E-state index contributed by atoms with van der Waals surface area (Å²) in [7, 11) is 0. The third-order valence-corrected chi connectivity index (χ3v) is 2.85. The molecule has 0 aliphatic carbocycles. The topological polar surface area (TPSA) is 17.1 Å². The van der Waals surface area contributed by atoms with E-state index in [1.807, 2.05) is 25.1 Å². The molecule has 0 N–H and O–H groups in total. The molecule has 76 valence electrons. The molecule has 0 unspecified atom stereocenters. The van der Waals surface area contributed by atoms with Crippen molar-refractivity contribution in [2.45, 2.75) is 20.3 Å². The lowest BCUT2D eigenvalue weighted by molar-refractivity contribution is -0.114. The maximum Gasteiger partial charge on any atom is 0.224 e. The maximum atomic E-state index is 10.8. The second-order valence-corrected chi connectivity index (χ2v) is 4.28. The van der Waals surface area contributed by atoms with Crippen molar-refractivity contribution in [3.63, 3.8) is 0 Å². The molecule has 0 aliphatic heterocycles. The summed E-state index contributed by atoms with van der Waals surface area (Å²) in [6.07, 6.45) is 0.599. The number of hydrogen-bond donors (Lipinski definition) is 0. The van der Waals surface area contributed by atoms with Gasteiger partial charge in [-0.25, -0.2) is 0 Å². The summed E-state index contributed by atoms with van der Waals surface area (Å²) < 4.78 is 0. The number of aryl methyl sites for hydroxylation is 1. The molecule has 3 heteroatoms. The first kappa shape index (κ1) is 11.5. The molecular formula is C11H12Cl2O. The Bertz CT molecular complexity index is 347. The van der Waals surface area contributed by atoms with Gasteiger partial charge in [0.1, 0.15) is 0 Å². The Labute approximate surface area is 94.0 Å². The summed E-state index contributed by atoms with van der Waals surface area (Å²) in [4.78, 5) is 10.8. The van der Waals surface area contributed by atoms with Gasteiger partial charge in [-0.3, -0.25) is 4.79 Å². The van der Waals surface area contributed by atoms with Crippen molar-refractivity contribution in [1.82, 2.24) is 0 Å². The van der Waals surface area contributed by atoms with E-state index in [0.29, 0.717) is 11.4 Å². The molecule has 0 aliphatic rings. The third kappa shape index (κ3) is 3.00. The molecular weight excluding hydrogens is 219 g/mol. The predicted molar refractivity (Wildman–Crippen MR) is 59.9 cm³/mol. The van der Waals surface area contributed by atoms with Crippen molar-refractivity contribution in [3.8, 4) is 0 Å². The Hall–Kier alpha value is -0.530.